The number of rotatable bonds is 2. The van der Waals surface area contributed by atoms with Crippen molar-refractivity contribution < 1.29 is 9.59 Å². The molecule has 0 spiro atoms. The van der Waals surface area contributed by atoms with Gasteiger partial charge in [-0.2, -0.15) is 0 Å². The predicted molar refractivity (Wildman–Crippen MR) is 81.1 cm³/mol. The Hall–Kier alpha value is -1.84. The maximum Gasteiger partial charge on any atom is 0.253 e. The van der Waals surface area contributed by atoms with Crippen LogP contribution in [0, 0.1) is 19.8 Å². The lowest BCUT2D eigenvalue weighted by Gasteiger charge is -2.35. The molecule has 0 radical (unpaired) electrons. The van der Waals surface area contributed by atoms with Crippen LogP contribution in [0.5, 0.6) is 0 Å². The van der Waals surface area contributed by atoms with E-state index in [4.69, 9.17) is 0 Å². The Balaban J connectivity index is 1.61. The zero-order valence-corrected chi connectivity index (χ0v) is 12.8. The highest BCUT2D eigenvalue weighted by atomic mass is 16.2. The molecule has 1 aromatic rings. The van der Waals surface area contributed by atoms with Gasteiger partial charge in [0.15, 0.2) is 0 Å². The highest BCUT2D eigenvalue weighted by Gasteiger charge is 2.35. The molecule has 1 aliphatic carbocycles. The van der Waals surface area contributed by atoms with Gasteiger partial charge in [0.1, 0.15) is 0 Å². The van der Waals surface area contributed by atoms with Gasteiger partial charge < -0.3 is 9.80 Å². The molecule has 1 aromatic carbocycles. The fourth-order valence-electron chi connectivity index (χ4n) is 2.78. The van der Waals surface area contributed by atoms with Crippen molar-refractivity contribution in [2.24, 2.45) is 5.92 Å². The number of hydrogen-bond donors (Lipinski definition) is 0. The van der Waals surface area contributed by atoms with E-state index in [9.17, 15) is 9.59 Å². The Morgan fingerprint density at radius 1 is 0.952 bits per heavy atom. The van der Waals surface area contributed by atoms with Crippen LogP contribution in [0.25, 0.3) is 0 Å². The first-order chi connectivity index (χ1) is 10.1. The minimum absolute atomic E-state index is 0.0802. The first-order valence-electron chi connectivity index (χ1n) is 7.71. The van der Waals surface area contributed by atoms with Gasteiger partial charge in [0, 0.05) is 37.7 Å². The van der Waals surface area contributed by atoms with Gasteiger partial charge in [0.2, 0.25) is 5.91 Å². The lowest BCUT2D eigenvalue weighted by Crippen LogP contribution is -2.51. The van der Waals surface area contributed by atoms with E-state index >= 15 is 0 Å². The normalized spacial score (nSPS) is 18.8. The molecule has 2 aliphatic rings. The van der Waals surface area contributed by atoms with Crippen molar-refractivity contribution in [1.29, 1.82) is 0 Å². The maximum atomic E-state index is 12.5. The predicted octanol–water partition coefficient (Wildman–Crippen LogP) is 2.00. The van der Waals surface area contributed by atoms with E-state index < -0.39 is 0 Å². The van der Waals surface area contributed by atoms with Gasteiger partial charge in [-0.15, -0.1) is 0 Å². The molecule has 112 valence electrons. The zero-order valence-electron chi connectivity index (χ0n) is 12.8. The average molecular weight is 286 g/mol. The summed E-state index contributed by atoms with van der Waals surface area (Å²) in [6, 6.07) is 5.85. The maximum absolute atomic E-state index is 12.5. The van der Waals surface area contributed by atoms with Crippen molar-refractivity contribution in [2.75, 3.05) is 26.2 Å². The summed E-state index contributed by atoms with van der Waals surface area (Å²) in [6.07, 6.45) is 2.08. The van der Waals surface area contributed by atoms with Gasteiger partial charge in [-0.25, -0.2) is 0 Å². The molecule has 4 heteroatoms. The van der Waals surface area contributed by atoms with E-state index in [0.29, 0.717) is 26.2 Å². The van der Waals surface area contributed by atoms with E-state index in [-0.39, 0.29) is 17.7 Å². The van der Waals surface area contributed by atoms with E-state index in [1.807, 2.05) is 41.8 Å². The Labute approximate surface area is 125 Å². The molecule has 2 fully saturated rings. The molecule has 0 atom stereocenters. The highest BCUT2D eigenvalue weighted by molar-refractivity contribution is 5.94. The SMILES string of the molecule is Cc1ccc(C(=O)N2CCN(C(=O)C3CC3)CC2)cc1C. The quantitative estimate of drug-likeness (QED) is 0.834. The summed E-state index contributed by atoms with van der Waals surface area (Å²) in [6.45, 7) is 6.70. The molecule has 0 unspecified atom stereocenters. The number of carbonyl (C=O) groups is 2. The lowest BCUT2D eigenvalue weighted by atomic mass is 10.1. The van der Waals surface area contributed by atoms with E-state index in [2.05, 4.69) is 0 Å². The molecule has 0 bridgehead atoms. The lowest BCUT2D eigenvalue weighted by molar-refractivity contribution is -0.134. The number of carbonyl (C=O) groups excluding carboxylic acids is 2. The van der Waals surface area contributed by atoms with Crippen LogP contribution in [-0.4, -0.2) is 47.8 Å². The second kappa shape index (κ2) is 5.51. The van der Waals surface area contributed by atoms with Crippen molar-refractivity contribution in [3.8, 4) is 0 Å². The smallest absolute Gasteiger partial charge is 0.253 e. The monoisotopic (exact) mass is 286 g/mol. The largest absolute Gasteiger partial charge is 0.339 e. The molecule has 21 heavy (non-hydrogen) atoms. The average Bonchev–Trinajstić information content (AvgIpc) is 3.33. The number of hydrogen-bond acceptors (Lipinski definition) is 2. The first-order valence-corrected chi connectivity index (χ1v) is 7.71. The van der Waals surface area contributed by atoms with Crippen LogP contribution in [0.3, 0.4) is 0 Å². The number of benzene rings is 1. The summed E-state index contributed by atoms with van der Waals surface area (Å²) in [4.78, 5) is 28.3. The molecule has 4 nitrogen and oxygen atoms in total. The summed E-state index contributed by atoms with van der Waals surface area (Å²) in [7, 11) is 0. The van der Waals surface area contributed by atoms with Crippen LogP contribution in [0.2, 0.25) is 0 Å². The fraction of sp³-hybridized carbons (Fsp3) is 0.529. The zero-order chi connectivity index (χ0) is 15.0. The summed E-state index contributed by atoms with van der Waals surface area (Å²) >= 11 is 0. The third kappa shape index (κ3) is 2.94. The van der Waals surface area contributed by atoms with Crippen LogP contribution in [0.4, 0.5) is 0 Å². The third-order valence-electron chi connectivity index (χ3n) is 4.56. The second-order valence-corrected chi connectivity index (χ2v) is 6.19. The van der Waals surface area contributed by atoms with Gasteiger partial charge in [-0.05, 0) is 49.9 Å². The number of nitrogens with zero attached hydrogens (tertiary/aromatic N) is 2. The molecular formula is C17H22N2O2. The molecule has 2 amide bonds. The van der Waals surface area contributed by atoms with Crippen LogP contribution in [0.15, 0.2) is 18.2 Å². The first kappa shape index (κ1) is 14.1. The summed E-state index contributed by atoms with van der Waals surface area (Å²) < 4.78 is 0. The van der Waals surface area contributed by atoms with Gasteiger partial charge >= 0.3 is 0 Å². The molecule has 3 rings (SSSR count). The van der Waals surface area contributed by atoms with Crippen LogP contribution in [0.1, 0.15) is 34.3 Å². The van der Waals surface area contributed by atoms with Crippen LogP contribution in [-0.2, 0) is 4.79 Å². The minimum atomic E-state index is 0.0802. The second-order valence-electron chi connectivity index (χ2n) is 6.19. The highest BCUT2D eigenvalue weighted by Crippen LogP contribution is 2.31. The molecule has 1 aliphatic heterocycles. The Morgan fingerprint density at radius 2 is 1.57 bits per heavy atom. The standard InChI is InChI=1S/C17H22N2O2/c1-12-3-4-15(11-13(12)2)17(21)19-9-7-18(8-10-19)16(20)14-5-6-14/h3-4,11,14H,5-10H2,1-2H3. The van der Waals surface area contributed by atoms with Crippen molar-refractivity contribution >= 4 is 11.8 Å². The number of aryl methyl sites for hydroxylation is 2. The molecule has 1 saturated heterocycles. The molecule has 1 saturated carbocycles. The Bertz CT molecular complexity index is 570. The fourth-order valence-corrected chi connectivity index (χ4v) is 2.78. The summed E-state index contributed by atoms with van der Waals surface area (Å²) in [5, 5.41) is 0. The van der Waals surface area contributed by atoms with Gasteiger partial charge in [-0.3, -0.25) is 9.59 Å². The van der Waals surface area contributed by atoms with Gasteiger partial charge in [-0.1, -0.05) is 6.07 Å². The molecular weight excluding hydrogens is 264 g/mol. The van der Waals surface area contributed by atoms with E-state index in [0.717, 1.165) is 24.0 Å². The Kier molecular flexibility index (Phi) is 3.70. The van der Waals surface area contributed by atoms with Crippen molar-refractivity contribution in [2.45, 2.75) is 26.7 Å². The van der Waals surface area contributed by atoms with Gasteiger partial charge in [0.25, 0.3) is 5.91 Å². The number of piperazine rings is 1. The van der Waals surface area contributed by atoms with E-state index in [1.165, 1.54) is 5.56 Å². The van der Waals surface area contributed by atoms with E-state index in [1.54, 1.807) is 0 Å². The van der Waals surface area contributed by atoms with Crippen molar-refractivity contribution in [3.05, 3.63) is 34.9 Å². The minimum Gasteiger partial charge on any atom is -0.339 e. The molecule has 0 aromatic heterocycles. The summed E-state index contributed by atoms with van der Waals surface area (Å²) in [5.74, 6) is 0.636. The summed E-state index contributed by atoms with van der Waals surface area (Å²) in [5.41, 5.74) is 3.09. The third-order valence-corrected chi connectivity index (χ3v) is 4.56. The molecule has 1 heterocycles. The van der Waals surface area contributed by atoms with Crippen LogP contribution < -0.4 is 0 Å². The number of amides is 2. The molecule has 0 N–H and O–H groups in total. The van der Waals surface area contributed by atoms with Gasteiger partial charge in [0.05, 0.1) is 0 Å². The van der Waals surface area contributed by atoms with Crippen molar-refractivity contribution in [1.82, 2.24) is 9.80 Å². The topological polar surface area (TPSA) is 40.6 Å². The van der Waals surface area contributed by atoms with Crippen molar-refractivity contribution in [3.63, 3.8) is 0 Å². The Morgan fingerprint density at radius 3 is 2.14 bits per heavy atom. The van der Waals surface area contributed by atoms with Crippen LogP contribution >= 0.6 is 0 Å².